The summed E-state index contributed by atoms with van der Waals surface area (Å²) in [4.78, 5) is 54.6. The van der Waals surface area contributed by atoms with Crippen molar-refractivity contribution >= 4 is 56.4 Å². The fraction of sp³-hybridized carbons (Fsp3) is 0.233. The Morgan fingerprint density at radius 3 is 2.52 bits per heavy atom. The standard InChI is InChI=1S/C17H15N3O2.C13H12Cl2N2O4S/c1-10(21)19-13-5-4-11-8-17(9-12(11)7-13)14-3-2-6-18-15(14)20-16(17)22;1-22(20,21)6-5-17-12(18)9(7-16-13(17)19)8-3-2-4-10(14)11(8)15/h2-7H,8-9H2,1H3,(H,19,21)(H,18,20,22);2-4,7H,5-6H2,1H3,(H,16,19)/t17-;/m1./s1. The normalized spacial score (nSPS) is 16.5. The van der Waals surface area contributed by atoms with E-state index in [1.54, 1.807) is 24.4 Å². The van der Waals surface area contributed by atoms with Gasteiger partial charge in [0.05, 0.1) is 26.8 Å². The quantitative estimate of drug-likeness (QED) is 0.296. The maximum absolute atomic E-state index is 12.6. The minimum atomic E-state index is -3.31. The molecule has 14 heteroatoms. The van der Waals surface area contributed by atoms with Crippen molar-refractivity contribution in [3.05, 3.63) is 108 Å². The summed E-state index contributed by atoms with van der Waals surface area (Å²) in [6.07, 6.45) is 5.27. The van der Waals surface area contributed by atoms with E-state index < -0.39 is 26.5 Å². The Kier molecular flexibility index (Phi) is 8.52. The third-order valence-corrected chi connectivity index (χ3v) is 9.23. The van der Waals surface area contributed by atoms with E-state index >= 15 is 0 Å². The molecular weight excluding hydrogens is 629 g/mol. The molecule has 0 saturated heterocycles. The van der Waals surface area contributed by atoms with Crippen LogP contribution in [-0.4, -0.2) is 46.8 Å². The first kappa shape index (κ1) is 31.2. The minimum Gasteiger partial charge on any atom is -0.326 e. The van der Waals surface area contributed by atoms with Gasteiger partial charge in [-0.25, -0.2) is 18.2 Å². The molecule has 1 atom stereocenters. The molecule has 44 heavy (non-hydrogen) atoms. The average molecular weight is 657 g/mol. The number of anilines is 2. The summed E-state index contributed by atoms with van der Waals surface area (Å²) < 4.78 is 23.3. The number of fused-ring (bicyclic) bond motifs is 3. The van der Waals surface area contributed by atoms with Gasteiger partial charge < -0.3 is 15.6 Å². The van der Waals surface area contributed by atoms with Crippen molar-refractivity contribution in [2.75, 3.05) is 22.6 Å². The van der Waals surface area contributed by atoms with Crippen LogP contribution in [0, 0.1) is 0 Å². The summed E-state index contributed by atoms with van der Waals surface area (Å²) >= 11 is 12.0. The first-order chi connectivity index (χ1) is 20.8. The highest BCUT2D eigenvalue weighted by atomic mass is 35.5. The number of carbonyl (C=O) groups is 2. The van der Waals surface area contributed by atoms with E-state index in [2.05, 4.69) is 20.6 Å². The number of hydrogen-bond donors (Lipinski definition) is 3. The number of nitrogens with zero attached hydrogens (tertiary/aromatic N) is 2. The molecule has 2 aromatic heterocycles. The lowest BCUT2D eigenvalue weighted by Crippen LogP contribution is -2.37. The maximum atomic E-state index is 12.6. The van der Waals surface area contributed by atoms with Crippen molar-refractivity contribution < 1.29 is 18.0 Å². The zero-order valence-electron chi connectivity index (χ0n) is 23.6. The lowest BCUT2D eigenvalue weighted by molar-refractivity contribution is -0.120. The second-order valence-electron chi connectivity index (χ2n) is 10.6. The largest absolute Gasteiger partial charge is 0.328 e. The molecule has 3 N–H and O–H groups in total. The van der Waals surface area contributed by atoms with Gasteiger partial charge in [-0.2, -0.15) is 0 Å². The number of pyridine rings is 1. The molecule has 1 aliphatic heterocycles. The number of H-pyrrole nitrogens is 1. The van der Waals surface area contributed by atoms with Crippen LogP contribution in [-0.2, 0) is 44.2 Å². The minimum absolute atomic E-state index is 0.0125. The highest BCUT2D eigenvalue weighted by Gasteiger charge is 2.51. The molecule has 2 amide bonds. The molecule has 0 bridgehead atoms. The molecule has 1 aliphatic carbocycles. The molecule has 0 radical (unpaired) electrons. The molecule has 2 aromatic carbocycles. The van der Waals surface area contributed by atoms with Crippen LogP contribution in [0.2, 0.25) is 10.0 Å². The van der Waals surface area contributed by atoms with Gasteiger partial charge in [-0.15, -0.1) is 0 Å². The van der Waals surface area contributed by atoms with Gasteiger partial charge in [0.2, 0.25) is 11.8 Å². The number of aromatic amines is 1. The molecular formula is C30H27Cl2N5O6S. The molecule has 6 rings (SSSR count). The summed E-state index contributed by atoms with van der Waals surface area (Å²) in [5.74, 6) is 0.268. The third-order valence-electron chi connectivity index (χ3n) is 7.49. The van der Waals surface area contributed by atoms with Crippen molar-refractivity contribution in [2.45, 2.75) is 31.7 Å². The molecule has 2 aliphatic rings. The summed E-state index contributed by atoms with van der Waals surface area (Å²) in [7, 11) is -3.31. The highest BCUT2D eigenvalue weighted by molar-refractivity contribution is 7.90. The Hall–Kier alpha value is -4.26. The van der Waals surface area contributed by atoms with E-state index in [-0.39, 0.29) is 39.7 Å². The van der Waals surface area contributed by atoms with Crippen LogP contribution < -0.4 is 21.9 Å². The average Bonchev–Trinajstić information content (AvgIpc) is 3.47. The predicted molar refractivity (Wildman–Crippen MR) is 169 cm³/mol. The number of amides is 2. The van der Waals surface area contributed by atoms with E-state index in [1.165, 1.54) is 13.1 Å². The van der Waals surface area contributed by atoms with Gasteiger partial charge in [-0.05, 0) is 48.2 Å². The van der Waals surface area contributed by atoms with Crippen molar-refractivity contribution in [1.82, 2.24) is 14.5 Å². The van der Waals surface area contributed by atoms with Gasteiger partial charge in [0.1, 0.15) is 15.7 Å². The second kappa shape index (κ2) is 12.0. The smallest absolute Gasteiger partial charge is 0.326 e. The van der Waals surface area contributed by atoms with Gasteiger partial charge in [-0.3, -0.25) is 19.0 Å². The molecule has 0 fully saturated rings. The number of sulfone groups is 1. The topological polar surface area (TPSA) is 160 Å². The number of hydrogen-bond acceptors (Lipinski definition) is 7. The van der Waals surface area contributed by atoms with Gasteiger partial charge >= 0.3 is 5.69 Å². The Labute approximate surface area is 262 Å². The van der Waals surface area contributed by atoms with E-state index in [0.29, 0.717) is 24.2 Å². The molecule has 0 unspecified atom stereocenters. The van der Waals surface area contributed by atoms with Crippen LogP contribution in [0.3, 0.4) is 0 Å². The summed E-state index contributed by atoms with van der Waals surface area (Å²) in [6, 6.07) is 14.5. The van der Waals surface area contributed by atoms with Crippen LogP contribution in [0.4, 0.5) is 11.5 Å². The van der Waals surface area contributed by atoms with Crippen molar-refractivity contribution in [3.8, 4) is 11.1 Å². The van der Waals surface area contributed by atoms with E-state index in [9.17, 15) is 27.6 Å². The second-order valence-corrected chi connectivity index (χ2v) is 13.7. The Bertz CT molecular complexity index is 2040. The first-order valence-corrected chi connectivity index (χ1v) is 16.2. The predicted octanol–water partition coefficient (Wildman–Crippen LogP) is 3.58. The molecule has 11 nitrogen and oxygen atoms in total. The molecule has 3 heterocycles. The van der Waals surface area contributed by atoms with Crippen molar-refractivity contribution in [3.63, 3.8) is 0 Å². The third kappa shape index (κ3) is 6.19. The van der Waals surface area contributed by atoms with Gasteiger partial charge in [0, 0.05) is 48.9 Å². The first-order valence-electron chi connectivity index (χ1n) is 13.4. The monoisotopic (exact) mass is 655 g/mol. The number of nitrogens with one attached hydrogen (secondary N) is 3. The summed E-state index contributed by atoms with van der Waals surface area (Å²) in [6.45, 7) is 1.25. The summed E-state index contributed by atoms with van der Waals surface area (Å²) in [5.41, 5.74) is 2.64. The number of carbonyl (C=O) groups excluding carboxylic acids is 2. The highest BCUT2D eigenvalue weighted by Crippen LogP contribution is 2.46. The maximum Gasteiger partial charge on any atom is 0.328 e. The van der Waals surface area contributed by atoms with E-state index in [4.69, 9.17) is 23.2 Å². The number of rotatable bonds is 5. The van der Waals surface area contributed by atoms with Crippen LogP contribution in [0.1, 0.15) is 23.6 Å². The van der Waals surface area contributed by atoms with Crippen LogP contribution in [0.25, 0.3) is 11.1 Å². The molecule has 0 saturated carbocycles. The summed E-state index contributed by atoms with van der Waals surface area (Å²) in [5, 5.41) is 6.14. The van der Waals surface area contributed by atoms with E-state index in [1.807, 2.05) is 30.3 Å². The number of aromatic nitrogens is 3. The van der Waals surface area contributed by atoms with E-state index in [0.717, 1.165) is 33.2 Å². The molecule has 4 aromatic rings. The zero-order chi connectivity index (χ0) is 31.8. The van der Waals surface area contributed by atoms with Gasteiger partial charge in [0.25, 0.3) is 5.56 Å². The van der Waals surface area contributed by atoms with Crippen molar-refractivity contribution in [1.29, 1.82) is 0 Å². The lowest BCUT2D eigenvalue weighted by atomic mass is 9.79. The Morgan fingerprint density at radius 2 is 1.80 bits per heavy atom. The zero-order valence-corrected chi connectivity index (χ0v) is 25.9. The van der Waals surface area contributed by atoms with Crippen LogP contribution >= 0.6 is 23.2 Å². The van der Waals surface area contributed by atoms with Crippen molar-refractivity contribution in [2.24, 2.45) is 0 Å². The fourth-order valence-electron chi connectivity index (χ4n) is 5.42. The fourth-order valence-corrected chi connectivity index (χ4v) is 6.34. The lowest BCUT2D eigenvalue weighted by Gasteiger charge is -2.20. The van der Waals surface area contributed by atoms with Gasteiger partial charge in [-0.1, -0.05) is 47.5 Å². The molecule has 1 spiro atoms. The van der Waals surface area contributed by atoms with Crippen LogP contribution in [0.15, 0.2) is 70.5 Å². The Morgan fingerprint density at radius 1 is 1.05 bits per heavy atom. The van der Waals surface area contributed by atoms with Gasteiger partial charge in [0.15, 0.2) is 0 Å². The number of halogens is 2. The SMILES string of the molecule is CC(=O)Nc1ccc2c(c1)C[C@@]1(C2)C(=O)Nc2ncccc21.CS(=O)(=O)CCn1c(=O)[nH]cc(-c2cccc(Cl)c2Cl)c1=O. The molecule has 228 valence electrons. The van der Waals surface area contributed by atoms with Crippen LogP contribution in [0.5, 0.6) is 0 Å². The number of benzene rings is 2. The Balaban J connectivity index is 0.000000175.